The Labute approximate surface area is 243 Å². The number of aromatic nitrogens is 6. The number of piperidine rings is 1. The fraction of sp³-hybridized carbons (Fsp3) is 0.367. The molecule has 0 N–H and O–H groups in total. The molecule has 2 aliphatic rings. The number of nitrogens with zero attached hydrogens (tertiary/aromatic N) is 7. The van der Waals surface area contributed by atoms with E-state index in [1.165, 1.54) is 16.8 Å². The van der Waals surface area contributed by atoms with Crippen LogP contribution in [0.15, 0.2) is 64.2 Å². The minimum atomic E-state index is -2.87. The highest BCUT2D eigenvalue weighted by Gasteiger charge is 2.30. The second kappa shape index (κ2) is 11.4. The number of pyridine rings is 2. The Kier molecular flexibility index (Phi) is 7.27. The molecule has 13 heteroatoms. The van der Waals surface area contributed by atoms with E-state index >= 15 is 4.39 Å². The van der Waals surface area contributed by atoms with E-state index in [0.29, 0.717) is 51.9 Å². The molecular weight excluding hydrogens is 563 g/mol. The monoisotopic (exact) mass is 591 g/mol. The maximum absolute atomic E-state index is 15.5. The predicted octanol–water partition coefficient (Wildman–Crippen LogP) is 4.55. The van der Waals surface area contributed by atoms with Crippen LogP contribution in [-0.4, -0.2) is 66.5 Å². The number of likely N-dealkylation sites (tertiary alicyclic amines) is 1. The second-order valence-corrected chi connectivity index (χ2v) is 11.0. The highest BCUT2D eigenvalue weighted by Crippen LogP contribution is 2.30. The molecule has 2 fully saturated rings. The van der Waals surface area contributed by atoms with Gasteiger partial charge in [0, 0.05) is 42.3 Å². The zero-order valence-corrected chi connectivity index (χ0v) is 23.1. The summed E-state index contributed by atoms with van der Waals surface area (Å²) in [5.41, 5.74) is 2.73. The zero-order chi connectivity index (χ0) is 29.5. The van der Waals surface area contributed by atoms with E-state index in [1.54, 1.807) is 47.3 Å². The van der Waals surface area contributed by atoms with Crippen molar-refractivity contribution in [1.29, 1.82) is 0 Å². The first-order valence-corrected chi connectivity index (χ1v) is 14.2. The number of hydrogen-bond acceptors (Lipinski definition) is 8. The summed E-state index contributed by atoms with van der Waals surface area (Å²) in [4.78, 5) is 24.9. The molecule has 10 nitrogen and oxygen atoms in total. The van der Waals surface area contributed by atoms with Gasteiger partial charge in [0.15, 0.2) is 0 Å². The molecule has 6 heterocycles. The summed E-state index contributed by atoms with van der Waals surface area (Å²) in [5.74, 6) is -1.01. The molecular formula is C30H28F3N7O3. The summed E-state index contributed by atoms with van der Waals surface area (Å²) in [6, 6.07) is 10.4. The first-order chi connectivity index (χ1) is 20.9. The van der Waals surface area contributed by atoms with E-state index in [2.05, 4.69) is 25.1 Å². The van der Waals surface area contributed by atoms with Crippen molar-refractivity contribution in [2.75, 3.05) is 26.3 Å². The largest absolute Gasteiger partial charge is 0.415 e. The van der Waals surface area contributed by atoms with Crippen LogP contribution in [0, 0.1) is 11.7 Å². The lowest BCUT2D eigenvalue weighted by Crippen LogP contribution is -2.52. The minimum absolute atomic E-state index is 0.0796. The smallest absolute Gasteiger partial charge is 0.329 e. The number of fused-ring (bicyclic) bond motifs is 1. The van der Waals surface area contributed by atoms with Crippen LogP contribution in [0.25, 0.3) is 33.6 Å². The summed E-state index contributed by atoms with van der Waals surface area (Å²) >= 11 is 0. The van der Waals surface area contributed by atoms with E-state index in [9.17, 15) is 13.6 Å². The molecule has 0 spiro atoms. The van der Waals surface area contributed by atoms with E-state index in [4.69, 9.17) is 9.15 Å². The summed E-state index contributed by atoms with van der Waals surface area (Å²) in [6.07, 6.45) is 3.69. The Morgan fingerprint density at radius 3 is 2.44 bits per heavy atom. The highest BCUT2D eigenvalue weighted by molar-refractivity contribution is 5.83. The molecule has 4 aromatic heterocycles. The van der Waals surface area contributed by atoms with Gasteiger partial charge in [-0.1, -0.05) is 6.07 Å². The molecule has 1 aromatic carbocycles. The molecule has 0 aliphatic carbocycles. The van der Waals surface area contributed by atoms with Gasteiger partial charge >= 0.3 is 12.1 Å². The molecule has 7 rings (SSSR count). The van der Waals surface area contributed by atoms with E-state index in [0.717, 1.165) is 39.1 Å². The van der Waals surface area contributed by atoms with Crippen LogP contribution in [0.3, 0.4) is 0 Å². The Morgan fingerprint density at radius 2 is 1.79 bits per heavy atom. The van der Waals surface area contributed by atoms with Crippen molar-refractivity contribution >= 4 is 11.0 Å². The van der Waals surface area contributed by atoms with Gasteiger partial charge in [-0.15, -0.1) is 10.2 Å². The standard InChI is InChI=1S/C30H28F3N7O3/c31-24-11-26-25(10-23(24)19-2-1-7-34-12-19)39(14-18-5-8-38(9-6-18)22-16-42-17-22)30(41)40(26)15-21-4-3-20(13-35-21)28-36-37-29(43-28)27(32)33/h1-4,7,10-13,18,22,27H,5-6,8-9,14-17H2. The lowest BCUT2D eigenvalue weighted by atomic mass is 9.95. The van der Waals surface area contributed by atoms with Crippen LogP contribution in [0.4, 0.5) is 13.2 Å². The van der Waals surface area contributed by atoms with Gasteiger partial charge in [-0.3, -0.25) is 24.0 Å². The summed E-state index contributed by atoms with van der Waals surface area (Å²) in [7, 11) is 0. The summed E-state index contributed by atoms with van der Waals surface area (Å²) in [5, 5.41) is 7.00. The van der Waals surface area contributed by atoms with Gasteiger partial charge in [0.25, 0.3) is 5.89 Å². The molecule has 2 aliphatic heterocycles. The van der Waals surface area contributed by atoms with Gasteiger partial charge in [0.1, 0.15) is 5.82 Å². The molecule has 0 amide bonds. The predicted molar refractivity (Wildman–Crippen MR) is 150 cm³/mol. The summed E-state index contributed by atoms with van der Waals surface area (Å²) < 4.78 is 54.9. The minimum Gasteiger partial charge on any atom is -0.415 e. The number of rotatable bonds is 8. The molecule has 0 atom stereocenters. The van der Waals surface area contributed by atoms with Crippen molar-refractivity contribution in [3.05, 3.63) is 82.9 Å². The third-order valence-electron chi connectivity index (χ3n) is 8.33. The van der Waals surface area contributed by atoms with Gasteiger partial charge in [0.2, 0.25) is 5.89 Å². The van der Waals surface area contributed by atoms with Crippen LogP contribution in [-0.2, 0) is 17.8 Å². The van der Waals surface area contributed by atoms with E-state index < -0.39 is 18.1 Å². The van der Waals surface area contributed by atoms with Gasteiger partial charge in [-0.2, -0.15) is 8.78 Å². The van der Waals surface area contributed by atoms with E-state index in [1.807, 2.05) is 0 Å². The maximum Gasteiger partial charge on any atom is 0.329 e. The van der Waals surface area contributed by atoms with Crippen molar-refractivity contribution in [2.45, 2.75) is 38.4 Å². The van der Waals surface area contributed by atoms with Crippen molar-refractivity contribution in [3.8, 4) is 22.6 Å². The van der Waals surface area contributed by atoms with Crippen molar-refractivity contribution < 1.29 is 22.3 Å². The Bertz CT molecular complexity index is 1790. The number of benzene rings is 1. The number of alkyl halides is 2. The SMILES string of the molecule is O=c1n(Cc2ccc(-c3nnc(C(F)F)o3)cn2)c2cc(F)c(-c3cccnc3)cc2n1CC1CCN(C2COC2)CC1. The Balaban J connectivity index is 1.21. The third kappa shape index (κ3) is 5.34. The van der Waals surface area contributed by atoms with Crippen molar-refractivity contribution in [2.24, 2.45) is 5.92 Å². The molecule has 0 bridgehead atoms. The number of hydrogen-bond donors (Lipinski definition) is 0. The Morgan fingerprint density at radius 1 is 0.977 bits per heavy atom. The van der Waals surface area contributed by atoms with Gasteiger partial charge in [0.05, 0.1) is 48.1 Å². The molecule has 5 aromatic rings. The lowest BCUT2D eigenvalue weighted by Gasteiger charge is -2.41. The van der Waals surface area contributed by atoms with Gasteiger partial charge in [-0.25, -0.2) is 9.18 Å². The van der Waals surface area contributed by atoms with Crippen LogP contribution < -0.4 is 5.69 Å². The molecule has 0 saturated carbocycles. The quantitative estimate of drug-likeness (QED) is 0.259. The average Bonchev–Trinajstić information content (AvgIpc) is 3.58. The highest BCUT2D eigenvalue weighted by atomic mass is 19.3. The summed E-state index contributed by atoms with van der Waals surface area (Å²) in [6.45, 7) is 4.07. The number of imidazole rings is 1. The van der Waals surface area contributed by atoms with Crippen molar-refractivity contribution in [3.63, 3.8) is 0 Å². The topological polar surface area (TPSA) is 104 Å². The fourth-order valence-corrected chi connectivity index (χ4v) is 5.85. The first-order valence-electron chi connectivity index (χ1n) is 14.2. The van der Waals surface area contributed by atoms with Crippen LogP contribution in [0.1, 0.15) is 30.9 Å². The average molecular weight is 592 g/mol. The van der Waals surface area contributed by atoms with E-state index in [-0.39, 0.29) is 18.1 Å². The molecule has 0 radical (unpaired) electrons. The lowest BCUT2D eigenvalue weighted by molar-refractivity contribution is -0.0742. The van der Waals surface area contributed by atoms with Crippen LogP contribution in [0.5, 0.6) is 0 Å². The third-order valence-corrected chi connectivity index (χ3v) is 8.33. The molecule has 0 unspecified atom stereocenters. The van der Waals surface area contributed by atoms with Crippen LogP contribution in [0.2, 0.25) is 0 Å². The normalized spacial score (nSPS) is 16.7. The molecule has 2 saturated heterocycles. The van der Waals surface area contributed by atoms with Gasteiger partial charge in [-0.05, 0) is 56.1 Å². The van der Waals surface area contributed by atoms with Crippen LogP contribution >= 0.6 is 0 Å². The first kappa shape index (κ1) is 27.5. The maximum atomic E-state index is 15.5. The number of ether oxygens (including phenoxy) is 1. The number of halogens is 3. The van der Waals surface area contributed by atoms with Crippen molar-refractivity contribution in [1.82, 2.24) is 34.2 Å². The fourth-order valence-electron chi connectivity index (χ4n) is 5.85. The van der Waals surface area contributed by atoms with Gasteiger partial charge < -0.3 is 9.15 Å². The molecule has 43 heavy (non-hydrogen) atoms. The Hall–Kier alpha value is -4.36. The molecule has 222 valence electrons. The second-order valence-electron chi connectivity index (χ2n) is 11.0. The zero-order valence-electron chi connectivity index (χ0n) is 23.1.